The minimum absolute atomic E-state index is 0.0222. The summed E-state index contributed by atoms with van der Waals surface area (Å²) in [5.41, 5.74) is -0.441. The molecule has 0 unspecified atom stereocenters. The van der Waals surface area contributed by atoms with Crippen molar-refractivity contribution in [1.29, 1.82) is 0 Å². The number of aliphatic hydroxyl groups is 2. The van der Waals surface area contributed by atoms with E-state index >= 15 is 0 Å². The van der Waals surface area contributed by atoms with Gasteiger partial charge in [-0.15, -0.1) is 0 Å². The fourth-order valence-corrected chi connectivity index (χ4v) is 15.0. The van der Waals surface area contributed by atoms with E-state index in [0.29, 0.717) is 47.2 Å². The van der Waals surface area contributed by atoms with Crippen molar-refractivity contribution in [3.05, 3.63) is 0 Å². The van der Waals surface area contributed by atoms with Gasteiger partial charge in [0.25, 0.3) is 0 Å². The van der Waals surface area contributed by atoms with Crippen LogP contribution < -0.4 is 0 Å². The van der Waals surface area contributed by atoms with Gasteiger partial charge >= 0.3 is 0 Å². The summed E-state index contributed by atoms with van der Waals surface area (Å²) in [5.74, 6) is 1.85. The average molecular weight is 688 g/mol. The molecule has 2 spiro atoms. The van der Waals surface area contributed by atoms with Crippen LogP contribution in [0.1, 0.15) is 120 Å². The normalized spacial score (nSPS) is 51.9. The number of morpholine rings is 1. The lowest BCUT2D eigenvalue weighted by molar-refractivity contribution is -0.252. The van der Waals surface area contributed by atoms with Gasteiger partial charge < -0.3 is 33.9 Å². The first-order valence-corrected chi connectivity index (χ1v) is 20.4. The Morgan fingerprint density at radius 3 is 2.37 bits per heavy atom. The third-order valence-electron chi connectivity index (χ3n) is 17.2. The first kappa shape index (κ1) is 35.7. The zero-order valence-electron chi connectivity index (χ0n) is 32.0. The Bertz CT molecular complexity index is 1230. The molecule has 8 aliphatic rings. The molecule has 0 radical (unpaired) electrons. The highest BCUT2D eigenvalue weighted by Crippen LogP contribution is 2.89. The van der Waals surface area contributed by atoms with Crippen LogP contribution >= 0.6 is 0 Å². The molecule has 0 aromatic heterocycles. The average Bonchev–Trinajstić information content (AvgIpc) is 3.69. The van der Waals surface area contributed by atoms with E-state index in [1.807, 2.05) is 20.8 Å². The summed E-state index contributed by atoms with van der Waals surface area (Å²) in [4.78, 5) is 2.60. The van der Waals surface area contributed by atoms with Crippen molar-refractivity contribution in [2.75, 3.05) is 39.5 Å². The lowest BCUT2D eigenvalue weighted by atomic mass is 9.41. The molecular formula is C41H69NO7. The molecule has 280 valence electrons. The Labute approximate surface area is 296 Å². The van der Waals surface area contributed by atoms with Gasteiger partial charge in [-0.2, -0.15) is 0 Å². The number of ether oxygens (including phenoxy) is 5. The molecule has 49 heavy (non-hydrogen) atoms. The highest BCUT2D eigenvalue weighted by molar-refractivity contribution is 5.33. The van der Waals surface area contributed by atoms with Crippen molar-refractivity contribution in [3.63, 3.8) is 0 Å². The maximum absolute atomic E-state index is 12.6. The molecule has 8 nitrogen and oxygen atoms in total. The van der Waals surface area contributed by atoms with Gasteiger partial charge in [0.1, 0.15) is 6.10 Å². The Morgan fingerprint density at radius 2 is 1.65 bits per heavy atom. The molecule has 0 aromatic rings. The van der Waals surface area contributed by atoms with E-state index in [-0.39, 0.29) is 40.8 Å². The summed E-state index contributed by atoms with van der Waals surface area (Å²) in [5, 5.41) is 23.7. The van der Waals surface area contributed by atoms with E-state index in [1.54, 1.807) is 0 Å². The van der Waals surface area contributed by atoms with Crippen LogP contribution in [0.5, 0.6) is 0 Å². The Balaban J connectivity index is 1.01. The molecule has 3 saturated heterocycles. The lowest BCUT2D eigenvalue weighted by Crippen LogP contribution is -2.60. The number of hydrogen-bond acceptors (Lipinski definition) is 8. The second-order valence-corrected chi connectivity index (χ2v) is 19.8. The molecule has 8 fully saturated rings. The van der Waals surface area contributed by atoms with Gasteiger partial charge in [0.15, 0.2) is 6.29 Å². The van der Waals surface area contributed by atoms with E-state index in [1.165, 1.54) is 38.5 Å². The quantitative estimate of drug-likeness (QED) is 0.327. The number of hydrogen-bond donors (Lipinski definition) is 2. The third-order valence-corrected chi connectivity index (χ3v) is 17.2. The van der Waals surface area contributed by atoms with Crippen molar-refractivity contribution >= 4 is 0 Å². The summed E-state index contributed by atoms with van der Waals surface area (Å²) in [6.45, 7) is 22.9. The molecule has 2 N–H and O–H groups in total. The van der Waals surface area contributed by atoms with Crippen LogP contribution in [0.25, 0.3) is 0 Å². The Kier molecular flexibility index (Phi) is 8.81. The van der Waals surface area contributed by atoms with Crippen LogP contribution in [0.4, 0.5) is 0 Å². The van der Waals surface area contributed by atoms with Crippen molar-refractivity contribution in [1.82, 2.24) is 4.90 Å². The molecule has 8 heteroatoms. The fraction of sp³-hybridized carbons (Fsp3) is 1.00. The minimum atomic E-state index is -1.01. The first-order chi connectivity index (χ1) is 23.1. The summed E-state index contributed by atoms with van der Waals surface area (Å²) >= 11 is 0. The number of fused-ring (bicyclic) bond motifs is 4. The maximum Gasteiger partial charge on any atom is 0.170 e. The molecule has 14 atom stereocenters. The van der Waals surface area contributed by atoms with Gasteiger partial charge in [-0.05, 0) is 130 Å². The van der Waals surface area contributed by atoms with Gasteiger partial charge in [-0.1, -0.05) is 34.6 Å². The first-order valence-electron chi connectivity index (χ1n) is 20.4. The molecule has 3 heterocycles. The molecule has 0 aromatic carbocycles. The molecule has 5 aliphatic carbocycles. The fourth-order valence-electron chi connectivity index (χ4n) is 15.0. The van der Waals surface area contributed by atoms with Crippen molar-refractivity contribution in [2.45, 2.75) is 168 Å². The second-order valence-electron chi connectivity index (χ2n) is 19.8. The van der Waals surface area contributed by atoms with E-state index in [0.717, 1.165) is 58.6 Å². The monoisotopic (exact) mass is 688 g/mol. The van der Waals surface area contributed by atoms with Crippen molar-refractivity contribution in [3.8, 4) is 0 Å². The Morgan fingerprint density at radius 1 is 0.939 bits per heavy atom. The van der Waals surface area contributed by atoms with Crippen LogP contribution in [-0.4, -0.2) is 103 Å². The van der Waals surface area contributed by atoms with Gasteiger partial charge in [0.2, 0.25) is 0 Å². The predicted octanol–water partition coefficient (Wildman–Crippen LogP) is 6.20. The van der Waals surface area contributed by atoms with Crippen LogP contribution in [0.2, 0.25) is 0 Å². The predicted molar refractivity (Wildman–Crippen MR) is 188 cm³/mol. The minimum Gasteiger partial charge on any atom is -0.390 e. The molecule has 0 amide bonds. The topological polar surface area (TPSA) is 89.9 Å². The molecular weight excluding hydrogens is 618 g/mol. The standard InChI is InChI=1S/C41H69NO7/c1-9-46-35(37(5,6)44)27-22-25(2)32-33(48-27)34(43)39(8)29-11-10-28-36(3,4)30(12-15-40(28)24-41(29,40)17-16-38(32,39)7)49-31-23-42(18-21-47-31)26-13-19-45-20-14-26/h25-35,43-44H,9-24H2,1-8H3/t25-,27-,28+,29+,30+,31+,32+,33+,34+,35+,38-,39-,40-,41+/m1/s1. The highest BCUT2D eigenvalue weighted by atomic mass is 16.7. The van der Waals surface area contributed by atoms with E-state index in [2.05, 4.69) is 39.5 Å². The molecule has 3 aliphatic heterocycles. The van der Waals surface area contributed by atoms with Crippen LogP contribution in [-0.2, 0) is 23.7 Å². The van der Waals surface area contributed by atoms with Gasteiger partial charge in [0.05, 0.1) is 36.6 Å². The van der Waals surface area contributed by atoms with Gasteiger partial charge in [0, 0.05) is 44.4 Å². The summed E-state index contributed by atoms with van der Waals surface area (Å²) < 4.78 is 32.1. The SMILES string of the molecule is CCO[C@@H]([C@H]1C[C@@H](C)[C@H]2[C@H](O1)[C@H](O)[C@@]1(C)[C@@H]3CC[C@H]4C(C)(C)[C@@H](O[C@H]5CN(C6CCOCC6)CCO5)CC[C@@]45C[C@@]35CC[C@]21C)C(C)(C)O. The van der Waals surface area contributed by atoms with Crippen molar-refractivity contribution in [2.24, 2.45) is 50.7 Å². The van der Waals surface area contributed by atoms with Crippen LogP contribution in [0, 0.1) is 50.7 Å². The van der Waals surface area contributed by atoms with E-state index < -0.39 is 17.8 Å². The number of aliphatic hydroxyl groups excluding tert-OH is 1. The number of nitrogens with zero attached hydrogens (tertiary/aromatic N) is 1. The summed E-state index contributed by atoms with van der Waals surface area (Å²) in [7, 11) is 0. The lowest BCUT2D eigenvalue weighted by Gasteiger charge is -2.64. The molecule has 8 rings (SSSR count). The molecule has 5 saturated carbocycles. The summed E-state index contributed by atoms with van der Waals surface area (Å²) in [6, 6.07) is 0.591. The van der Waals surface area contributed by atoms with E-state index in [9.17, 15) is 10.2 Å². The second kappa shape index (κ2) is 12.1. The smallest absolute Gasteiger partial charge is 0.170 e. The number of rotatable bonds is 7. The third kappa shape index (κ3) is 5.03. The summed E-state index contributed by atoms with van der Waals surface area (Å²) in [6.07, 6.45) is 10.3. The van der Waals surface area contributed by atoms with Crippen LogP contribution in [0.3, 0.4) is 0 Å². The van der Waals surface area contributed by atoms with Crippen LogP contribution in [0.15, 0.2) is 0 Å². The van der Waals surface area contributed by atoms with Crippen molar-refractivity contribution < 1.29 is 33.9 Å². The van der Waals surface area contributed by atoms with Gasteiger partial charge in [-0.25, -0.2) is 0 Å². The van der Waals surface area contributed by atoms with Gasteiger partial charge in [-0.3, -0.25) is 4.90 Å². The zero-order chi connectivity index (χ0) is 34.8. The maximum atomic E-state index is 12.6. The zero-order valence-corrected chi connectivity index (χ0v) is 32.0. The Hall–Kier alpha value is -0.320. The highest BCUT2D eigenvalue weighted by Gasteiger charge is 2.84. The largest absolute Gasteiger partial charge is 0.390 e. The molecule has 0 bridgehead atoms. The van der Waals surface area contributed by atoms with E-state index in [4.69, 9.17) is 23.7 Å².